The number of amides is 1. The van der Waals surface area contributed by atoms with Crippen LogP contribution in [0.1, 0.15) is 10.4 Å². The van der Waals surface area contributed by atoms with Crippen molar-refractivity contribution in [3.63, 3.8) is 0 Å². The van der Waals surface area contributed by atoms with Gasteiger partial charge in [-0.25, -0.2) is 4.79 Å². The van der Waals surface area contributed by atoms with Crippen molar-refractivity contribution in [2.24, 2.45) is 0 Å². The number of hydrogen-bond donors (Lipinski definition) is 3. The van der Waals surface area contributed by atoms with Crippen molar-refractivity contribution < 1.29 is 14.7 Å². The van der Waals surface area contributed by atoms with Crippen LogP contribution in [0.4, 0.5) is 11.4 Å². The number of carboxylic acids is 1. The third-order valence-corrected chi connectivity index (χ3v) is 1.72. The van der Waals surface area contributed by atoms with Gasteiger partial charge < -0.3 is 16.2 Å². The second-order valence-corrected chi connectivity index (χ2v) is 2.80. The van der Waals surface area contributed by atoms with Gasteiger partial charge in [0.25, 0.3) is 0 Å². The Morgan fingerprint density at radius 2 is 2.13 bits per heavy atom. The number of rotatable bonds is 3. The molecule has 0 aromatic heterocycles. The number of anilines is 2. The summed E-state index contributed by atoms with van der Waals surface area (Å²) in [6.07, 6.45) is 1.06. The van der Waals surface area contributed by atoms with E-state index in [-0.39, 0.29) is 11.3 Å². The molecule has 0 aliphatic carbocycles. The Morgan fingerprint density at radius 1 is 1.47 bits per heavy atom. The van der Waals surface area contributed by atoms with Crippen LogP contribution in [0, 0.1) is 0 Å². The van der Waals surface area contributed by atoms with Gasteiger partial charge in [-0.2, -0.15) is 0 Å². The summed E-state index contributed by atoms with van der Waals surface area (Å²) in [6, 6.07) is 4.21. The van der Waals surface area contributed by atoms with Crippen molar-refractivity contribution in [1.82, 2.24) is 0 Å². The summed E-state index contributed by atoms with van der Waals surface area (Å²) in [5.74, 6) is -1.62. The molecule has 0 aliphatic rings. The average molecular weight is 206 g/mol. The standard InChI is InChI=1S/C10H10N2O3/c1-2-9(13)12-8-4-3-6(11)5-7(8)10(14)15/h2-5H,1,11H2,(H,12,13)(H,14,15). The largest absolute Gasteiger partial charge is 0.478 e. The summed E-state index contributed by atoms with van der Waals surface area (Å²) >= 11 is 0. The first kappa shape index (κ1) is 10.8. The lowest BCUT2D eigenvalue weighted by atomic mass is 10.1. The van der Waals surface area contributed by atoms with E-state index in [0.717, 1.165) is 6.08 Å². The number of carboxylic acid groups (broad SMARTS) is 1. The minimum atomic E-state index is -1.15. The minimum absolute atomic E-state index is 0.0507. The predicted octanol–water partition coefficient (Wildman–Crippen LogP) is 1.09. The molecule has 1 amide bonds. The molecule has 0 aliphatic heterocycles. The minimum Gasteiger partial charge on any atom is -0.478 e. The number of nitrogen functional groups attached to an aromatic ring is 1. The summed E-state index contributed by atoms with van der Waals surface area (Å²) in [5.41, 5.74) is 5.90. The van der Waals surface area contributed by atoms with E-state index in [1.165, 1.54) is 18.2 Å². The van der Waals surface area contributed by atoms with Crippen LogP contribution in [0.15, 0.2) is 30.9 Å². The average Bonchev–Trinajstić information content (AvgIpc) is 2.20. The Balaban J connectivity index is 3.11. The first-order valence-corrected chi connectivity index (χ1v) is 4.11. The van der Waals surface area contributed by atoms with Gasteiger partial charge in [-0.05, 0) is 24.3 Å². The molecule has 1 aromatic rings. The Labute approximate surface area is 86.2 Å². The molecule has 0 bridgehead atoms. The third-order valence-electron chi connectivity index (χ3n) is 1.72. The highest BCUT2D eigenvalue weighted by Crippen LogP contribution is 2.18. The van der Waals surface area contributed by atoms with Gasteiger partial charge in [-0.1, -0.05) is 6.58 Å². The molecule has 0 fully saturated rings. The van der Waals surface area contributed by atoms with Crippen LogP contribution >= 0.6 is 0 Å². The summed E-state index contributed by atoms with van der Waals surface area (Å²) in [5, 5.41) is 11.2. The maximum absolute atomic E-state index is 11.0. The monoisotopic (exact) mass is 206 g/mol. The fraction of sp³-hybridized carbons (Fsp3) is 0. The van der Waals surface area contributed by atoms with Crippen LogP contribution < -0.4 is 11.1 Å². The molecule has 15 heavy (non-hydrogen) atoms. The highest BCUT2D eigenvalue weighted by Gasteiger charge is 2.11. The fourth-order valence-electron chi connectivity index (χ4n) is 1.03. The fourth-order valence-corrected chi connectivity index (χ4v) is 1.03. The Kier molecular flexibility index (Phi) is 3.07. The predicted molar refractivity (Wildman–Crippen MR) is 56.6 cm³/mol. The molecule has 0 atom stereocenters. The molecule has 0 unspecified atom stereocenters. The molecule has 0 saturated heterocycles. The van der Waals surface area contributed by atoms with Gasteiger partial charge in [0.1, 0.15) is 0 Å². The molecular formula is C10H10N2O3. The van der Waals surface area contributed by atoms with Crippen molar-refractivity contribution in [2.75, 3.05) is 11.1 Å². The van der Waals surface area contributed by atoms with E-state index in [4.69, 9.17) is 10.8 Å². The van der Waals surface area contributed by atoms with Crippen molar-refractivity contribution in [2.45, 2.75) is 0 Å². The molecule has 0 spiro atoms. The molecule has 0 radical (unpaired) electrons. The summed E-state index contributed by atoms with van der Waals surface area (Å²) < 4.78 is 0. The zero-order valence-corrected chi connectivity index (χ0v) is 7.86. The van der Waals surface area contributed by atoms with Gasteiger partial charge in [0, 0.05) is 5.69 Å². The Hall–Kier alpha value is -2.30. The van der Waals surface area contributed by atoms with Gasteiger partial charge >= 0.3 is 5.97 Å². The van der Waals surface area contributed by atoms with E-state index in [1.807, 2.05) is 0 Å². The lowest BCUT2D eigenvalue weighted by molar-refractivity contribution is -0.111. The van der Waals surface area contributed by atoms with E-state index < -0.39 is 11.9 Å². The van der Waals surface area contributed by atoms with Crippen LogP contribution in [0.25, 0.3) is 0 Å². The van der Waals surface area contributed by atoms with Gasteiger partial charge in [0.2, 0.25) is 5.91 Å². The number of hydrogen-bond acceptors (Lipinski definition) is 3. The van der Waals surface area contributed by atoms with E-state index in [2.05, 4.69) is 11.9 Å². The molecule has 5 heteroatoms. The van der Waals surface area contributed by atoms with Gasteiger partial charge in [-0.3, -0.25) is 4.79 Å². The van der Waals surface area contributed by atoms with Crippen LogP contribution in [0.3, 0.4) is 0 Å². The molecular weight excluding hydrogens is 196 g/mol. The van der Waals surface area contributed by atoms with E-state index >= 15 is 0 Å². The Morgan fingerprint density at radius 3 is 2.67 bits per heavy atom. The Bertz CT molecular complexity index is 427. The van der Waals surface area contributed by atoms with Gasteiger partial charge in [0.15, 0.2) is 0 Å². The third kappa shape index (κ3) is 2.57. The molecule has 0 heterocycles. The van der Waals surface area contributed by atoms with Crippen molar-refractivity contribution in [3.05, 3.63) is 36.4 Å². The van der Waals surface area contributed by atoms with Crippen LogP contribution in [0.2, 0.25) is 0 Å². The summed E-state index contributed by atoms with van der Waals surface area (Å²) in [6.45, 7) is 3.26. The van der Waals surface area contributed by atoms with Crippen LogP contribution in [-0.4, -0.2) is 17.0 Å². The number of nitrogens with one attached hydrogen (secondary N) is 1. The maximum Gasteiger partial charge on any atom is 0.337 e. The zero-order chi connectivity index (χ0) is 11.4. The lowest BCUT2D eigenvalue weighted by Gasteiger charge is -2.06. The lowest BCUT2D eigenvalue weighted by Crippen LogP contribution is -2.12. The molecule has 4 N–H and O–H groups in total. The van der Waals surface area contributed by atoms with Crippen LogP contribution in [0.5, 0.6) is 0 Å². The van der Waals surface area contributed by atoms with Crippen molar-refractivity contribution >= 4 is 23.3 Å². The normalized spacial score (nSPS) is 9.33. The molecule has 0 saturated carbocycles. The molecule has 1 aromatic carbocycles. The topological polar surface area (TPSA) is 92.4 Å². The summed E-state index contributed by atoms with van der Waals surface area (Å²) in [4.78, 5) is 21.8. The van der Waals surface area contributed by atoms with Crippen molar-refractivity contribution in [1.29, 1.82) is 0 Å². The number of carbonyl (C=O) groups is 2. The first-order valence-electron chi connectivity index (χ1n) is 4.11. The van der Waals surface area contributed by atoms with Crippen LogP contribution in [-0.2, 0) is 4.79 Å². The second-order valence-electron chi connectivity index (χ2n) is 2.80. The highest BCUT2D eigenvalue weighted by molar-refractivity contribution is 6.04. The van der Waals surface area contributed by atoms with E-state index in [9.17, 15) is 9.59 Å². The highest BCUT2D eigenvalue weighted by atomic mass is 16.4. The summed E-state index contributed by atoms with van der Waals surface area (Å²) in [7, 11) is 0. The number of benzene rings is 1. The smallest absolute Gasteiger partial charge is 0.337 e. The number of aromatic carboxylic acids is 1. The number of carbonyl (C=O) groups excluding carboxylic acids is 1. The maximum atomic E-state index is 11.0. The van der Waals surface area contributed by atoms with Gasteiger partial charge in [-0.15, -0.1) is 0 Å². The SMILES string of the molecule is C=CC(=O)Nc1ccc(N)cc1C(=O)O. The van der Waals surface area contributed by atoms with E-state index in [1.54, 1.807) is 0 Å². The molecule has 1 rings (SSSR count). The molecule has 5 nitrogen and oxygen atoms in total. The zero-order valence-electron chi connectivity index (χ0n) is 7.86. The van der Waals surface area contributed by atoms with Gasteiger partial charge in [0.05, 0.1) is 11.3 Å². The second kappa shape index (κ2) is 4.28. The quantitative estimate of drug-likeness (QED) is 0.509. The van der Waals surface area contributed by atoms with E-state index in [0.29, 0.717) is 5.69 Å². The molecule has 78 valence electrons. The first-order chi connectivity index (χ1) is 7.04. The number of nitrogens with two attached hydrogens (primary N) is 1. The van der Waals surface area contributed by atoms with Crippen molar-refractivity contribution in [3.8, 4) is 0 Å².